The molecule has 4 nitrogen and oxygen atoms in total. The highest BCUT2D eigenvalue weighted by Gasteiger charge is 2.28. The molecule has 76 valence electrons. The molecule has 2 fully saturated rings. The van der Waals surface area contributed by atoms with E-state index in [0.29, 0.717) is 11.8 Å². The summed E-state index contributed by atoms with van der Waals surface area (Å²) in [6.45, 7) is 2.19. The molecule has 2 N–H and O–H groups in total. The van der Waals surface area contributed by atoms with Crippen LogP contribution in [0.4, 0.5) is 0 Å². The van der Waals surface area contributed by atoms with Crippen LogP contribution in [0, 0.1) is 0 Å². The van der Waals surface area contributed by atoms with Gasteiger partial charge in [-0.15, -0.1) is 0 Å². The Balaban J connectivity index is 1.74. The third-order valence-electron chi connectivity index (χ3n) is 3.15. The number of nitrogens with zero attached hydrogens (tertiary/aromatic N) is 2. The van der Waals surface area contributed by atoms with Crippen molar-refractivity contribution in [1.29, 1.82) is 0 Å². The van der Waals surface area contributed by atoms with Crippen molar-refractivity contribution in [3.05, 3.63) is 11.6 Å². The zero-order valence-electron chi connectivity index (χ0n) is 8.29. The molecular weight excluding hydrogens is 176 g/mol. The quantitative estimate of drug-likeness (QED) is 0.739. The van der Waals surface area contributed by atoms with Crippen molar-refractivity contribution in [2.45, 2.75) is 37.5 Å². The fourth-order valence-corrected chi connectivity index (χ4v) is 2.08. The zero-order chi connectivity index (χ0) is 9.38. The van der Waals surface area contributed by atoms with Gasteiger partial charge in [0.25, 0.3) is 0 Å². The van der Waals surface area contributed by atoms with Crippen molar-refractivity contribution in [3.8, 4) is 0 Å². The van der Waals surface area contributed by atoms with Gasteiger partial charge in [0.1, 0.15) is 5.82 Å². The molecule has 3 rings (SSSR count). The number of aromatic nitrogens is 3. The first kappa shape index (κ1) is 8.41. The molecule has 14 heavy (non-hydrogen) atoms. The molecule has 2 heterocycles. The van der Waals surface area contributed by atoms with Crippen LogP contribution in [0.1, 0.15) is 49.2 Å². The Labute approximate surface area is 83.5 Å². The van der Waals surface area contributed by atoms with Crippen molar-refractivity contribution >= 4 is 0 Å². The van der Waals surface area contributed by atoms with Crippen LogP contribution in [-0.2, 0) is 0 Å². The van der Waals surface area contributed by atoms with Gasteiger partial charge in [0, 0.05) is 18.4 Å². The predicted molar refractivity (Wildman–Crippen MR) is 53.2 cm³/mol. The molecule has 1 aliphatic heterocycles. The number of piperidine rings is 1. The zero-order valence-corrected chi connectivity index (χ0v) is 8.29. The molecular formula is C10H16N4. The fourth-order valence-electron chi connectivity index (χ4n) is 2.08. The van der Waals surface area contributed by atoms with Crippen LogP contribution in [0.25, 0.3) is 0 Å². The van der Waals surface area contributed by atoms with Gasteiger partial charge < -0.3 is 5.32 Å². The Hall–Kier alpha value is -0.900. The number of H-pyrrole nitrogens is 1. The smallest absolute Gasteiger partial charge is 0.155 e. The van der Waals surface area contributed by atoms with Gasteiger partial charge in [-0.2, -0.15) is 5.10 Å². The summed E-state index contributed by atoms with van der Waals surface area (Å²) in [7, 11) is 0. The number of hydrogen-bond donors (Lipinski definition) is 2. The predicted octanol–water partition coefficient (Wildman–Crippen LogP) is 1.15. The average Bonchev–Trinajstić information content (AvgIpc) is 2.98. The van der Waals surface area contributed by atoms with E-state index in [9.17, 15) is 0 Å². The van der Waals surface area contributed by atoms with E-state index in [4.69, 9.17) is 0 Å². The maximum Gasteiger partial charge on any atom is 0.155 e. The highest BCUT2D eigenvalue weighted by molar-refractivity contribution is 5.08. The normalized spacial score (nSPS) is 27.9. The summed E-state index contributed by atoms with van der Waals surface area (Å²) in [6.07, 6.45) is 5.06. The molecule has 0 radical (unpaired) electrons. The summed E-state index contributed by atoms with van der Waals surface area (Å²) in [4.78, 5) is 4.59. The largest absolute Gasteiger partial charge is 0.316 e. The second-order valence-electron chi connectivity index (χ2n) is 4.40. The minimum absolute atomic E-state index is 0.535. The molecule has 1 aliphatic carbocycles. The van der Waals surface area contributed by atoms with Crippen LogP contribution in [0.2, 0.25) is 0 Å². The first-order valence-electron chi connectivity index (χ1n) is 5.56. The van der Waals surface area contributed by atoms with Gasteiger partial charge in [-0.25, -0.2) is 4.98 Å². The van der Waals surface area contributed by atoms with Crippen LogP contribution in [0.3, 0.4) is 0 Å². The van der Waals surface area contributed by atoms with Crippen molar-refractivity contribution in [1.82, 2.24) is 20.5 Å². The standard InChI is InChI=1S/C10H16N4/c1-2-8(6-11-5-1)10-12-9(13-14-10)7-3-4-7/h7-8,11H,1-6H2,(H,12,13,14). The lowest BCUT2D eigenvalue weighted by atomic mass is 9.99. The summed E-state index contributed by atoms with van der Waals surface area (Å²) >= 11 is 0. The Bertz CT molecular complexity index is 310. The SMILES string of the molecule is C1CNCC(c2n[nH]c(C3CC3)n2)C1. The number of hydrogen-bond acceptors (Lipinski definition) is 3. The highest BCUT2D eigenvalue weighted by atomic mass is 15.2. The lowest BCUT2D eigenvalue weighted by molar-refractivity contribution is 0.447. The van der Waals surface area contributed by atoms with E-state index in [0.717, 1.165) is 24.7 Å². The van der Waals surface area contributed by atoms with E-state index in [-0.39, 0.29) is 0 Å². The van der Waals surface area contributed by atoms with Gasteiger partial charge in [0.15, 0.2) is 5.82 Å². The Kier molecular flexibility index (Phi) is 2.01. The molecule has 1 atom stereocenters. The fraction of sp³-hybridized carbons (Fsp3) is 0.800. The second kappa shape index (κ2) is 3.35. The van der Waals surface area contributed by atoms with Crippen LogP contribution < -0.4 is 5.32 Å². The Morgan fingerprint density at radius 3 is 2.79 bits per heavy atom. The van der Waals surface area contributed by atoms with Gasteiger partial charge in [0.05, 0.1) is 0 Å². The van der Waals surface area contributed by atoms with Crippen LogP contribution >= 0.6 is 0 Å². The topological polar surface area (TPSA) is 53.6 Å². The molecule has 4 heteroatoms. The molecule has 0 aromatic carbocycles. The van der Waals surface area contributed by atoms with E-state index in [1.165, 1.54) is 25.7 Å². The summed E-state index contributed by atoms with van der Waals surface area (Å²) in [5.74, 6) is 3.37. The Morgan fingerprint density at radius 1 is 1.14 bits per heavy atom. The van der Waals surface area contributed by atoms with Gasteiger partial charge in [-0.1, -0.05) is 0 Å². The van der Waals surface area contributed by atoms with Crippen LogP contribution in [-0.4, -0.2) is 28.3 Å². The maximum atomic E-state index is 4.59. The first-order valence-corrected chi connectivity index (χ1v) is 5.56. The Morgan fingerprint density at radius 2 is 2.07 bits per heavy atom. The summed E-state index contributed by atoms with van der Waals surface area (Å²) in [6, 6.07) is 0. The monoisotopic (exact) mass is 192 g/mol. The molecule has 0 spiro atoms. The third kappa shape index (κ3) is 1.54. The third-order valence-corrected chi connectivity index (χ3v) is 3.15. The summed E-state index contributed by atoms with van der Waals surface area (Å²) in [5, 5.41) is 10.8. The van der Waals surface area contributed by atoms with E-state index >= 15 is 0 Å². The van der Waals surface area contributed by atoms with E-state index in [2.05, 4.69) is 20.5 Å². The minimum atomic E-state index is 0.535. The lowest BCUT2D eigenvalue weighted by Crippen LogP contribution is -2.28. The van der Waals surface area contributed by atoms with Gasteiger partial charge >= 0.3 is 0 Å². The molecule has 1 saturated carbocycles. The number of rotatable bonds is 2. The van der Waals surface area contributed by atoms with Crippen molar-refractivity contribution < 1.29 is 0 Å². The molecule has 0 bridgehead atoms. The maximum absolute atomic E-state index is 4.59. The number of aromatic amines is 1. The minimum Gasteiger partial charge on any atom is -0.316 e. The highest BCUT2D eigenvalue weighted by Crippen LogP contribution is 2.38. The molecule has 1 aromatic rings. The van der Waals surface area contributed by atoms with Crippen molar-refractivity contribution in [3.63, 3.8) is 0 Å². The lowest BCUT2D eigenvalue weighted by Gasteiger charge is -2.19. The summed E-state index contributed by atoms with van der Waals surface area (Å²) in [5.41, 5.74) is 0. The van der Waals surface area contributed by atoms with Crippen molar-refractivity contribution in [2.24, 2.45) is 0 Å². The number of nitrogens with one attached hydrogen (secondary N) is 2. The van der Waals surface area contributed by atoms with E-state index in [1.54, 1.807) is 0 Å². The average molecular weight is 192 g/mol. The van der Waals surface area contributed by atoms with Crippen molar-refractivity contribution in [2.75, 3.05) is 13.1 Å². The van der Waals surface area contributed by atoms with Crippen LogP contribution in [0.5, 0.6) is 0 Å². The van der Waals surface area contributed by atoms with Gasteiger partial charge in [-0.3, -0.25) is 5.10 Å². The van der Waals surface area contributed by atoms with E-state index in [1.807, 2.05) is 0 Å². The van der Waals surface area contributed by atoms with E-state index < -0.39 is 0 Å². The molecule has 0 amide bonds. The second-order valence-corrected chi connectivity index (χ2v) is 4.40. The molecule has 1 unspecified atom stereocenters. The first-order chi connectivity index (χ1) is 6.93. The van der Waals surface area contributed by atoms with Gasteiger partial charge in [-0.05, 0) is 32.2 Å². The molecule has 1 aromatic heterocycles. The summed E-state index contributed by atoms with van der Waals surface area (Å²) < 4.78 is 0. The molecule has 1 saturated heterocycles. The molecule has 2 aliphatic rings. The van der Waals surface area contributed by atoms with Crippen LogP contribution in [0.15, 0.2) is 0 Å². The van der Waals surface area contributed by atoms with Gasteiger partial charge in [0.2, 0.25) is 0 Å².